The van der Waals surface area contributed by atoms with Crippen molar-refractivity contribution in [2.75, 3.05) is 0 Å². The fourth-order valence-corrected chi connectivity index (χ4v) is 3.90. The average Bonchev–Trinajstić information content (AvgIpc) is 3.33. The minimum absolute atomic E-state index is 0.0812. The van der Waals surface area contributed by atoms with Gasteiger partial charge >= 0.3 is 0 Å². The van der Waals surface area contributed by atoms with Crippen LogP contribution in [0.25, 0.3) is 11.1 Å². The second kappa shape index (κ2) is 7.83. The Hall–Kier alpha value is -2.47. The van der Waals surface area contributed by atoms with E-state index in [1.807, 2.05) is 6.07 Å². The van der Waals surface area contributed by atoms with Crippen molar-refractivity contribution in [2.45, 2.75) is 42.4 Å². The molecule has 3 aromatic rings. The molecule has 0 amide bonds. The lowest BCUT2D eigenvalue weighted by atomic mass is 10.1. The first-order valence-electron chi connectivity index (χ1n) is 8.77. The fraction of sp³-hybridized carbons (Fsp3) is 0.300. The van der Waals surface area contributed by atoms with E-state index in [4.69, 9.17) is 9.26 Å². The van der Waals surface area contributed by atoms with Crippen LogP contribution in [0.5, 0.6) is 11.8 Å². The van der Waals surface area contributed by atoms with Crippen molar-refractivity contribution >= 4 is 11.8 Å². The molecule has 4 rings (SSSR count). The maximum atomic E-state index is 9.21. The number of aromatic hydroxyl groups is 1. The monoisotopic (exact) mass is 368 g/mol. The number of thioether (sulfide) groups is 1. The SMILES string of the molecule is Oc1cc(CSc2ccc(-c3cccnc3OC3CCCC3)cc2)on1. The molecule has 0 saturated heterocycles. The molecule has 0 spiro atoms. The van der Waals surface area contributed by atoms with E-state index >= 15 is 0 Å². The van der Waals surface area contributed by atoms with Gasteiger partial charge in [-0.05, 0) is 60.7 Å². The third-order valence-electron chi connectivity index (χ3n) is 4.44. The normalized spacial score (nSPS) is 14.6. The quantitative estimate of drug-likeness (QED) is 0.614. The Bertz CT molecular complexity index is 858. The van der Waals surface area contributed by atoms with Gasteiger partial charge in [0.2, 0.25) is 5.88 Å². The van der Waals surface area contributed by atoms with E-state index in [9.17, 15) is 5.11 Å². The van der Waals surface area contributed by atoms with Gasteiger partial charge < -0.3 is 14.4 Å². The third-order valence-corrected chi connectivity index (χ3v) is 5.48. The number of hydrogen-bond donors (Lipinski definition) is 1. The Kier molecular flexibility index (Phi) is 5.11. The number of benzene rings is 1. The van der Waals surface area contributed by atoms with E-state index < -0.39 is 0 Å². The zero-order valence-corrected chi connectivity index (χ0v) is 15.1. The average molecular weight is 368 g/mol. The summed E-state index contributed by atoms with van der Waals surface area (Å²) in [6.45, 7) is 0. The predicted molar refractivity (Wildman–Crippen MR) is 100 cm³/mol. The number of pyridine rings is 1. The number of hydrogen-bond acceptors (Lipinski definition) is 6. The lowest BCUT2D eigenvalue weighted by molar-refractivity contribution is 0.202. The molecule has 2 aromatic heterocycles. The summed E-state index contributed by atoms with van der Waals surface area (Å²) < 4.78 is 11.2. The van der Waals surface area contributed by atoms with Gasteiger partial charge in [0, 0.05) is 22.7 Å². The molecular weight excluding hydrogens is 348 g/mol. The number of ether oxygens (including phenoxy) is 1. The van der Waals surface area contributed by atoms with Crippen LogP contribution in [-0.2, 0) is 5.75 Å². The summed E-state index contributed by atoms with van der Waals surface area (Å²) in [6, 6.07) is 13.8. The largest absolute Gasteiger partial charge is 0.491 e. The first kappa shape index (κ1) is 17.0. The Balaban J connectivity index is 1.46. The molecular formula is C20H20N2O3S. The summed E-state index contributed by atoms with van der Waals surface area (Å²) >= 11 is 1.63. The van der Waals surface area contributed by atoms with Gasteiger partial charge in [-0.15, -0.1) is 11.8 Å². The molecule has 1 aliphatic rings. The number of aromatic nitrogens is 2. The number of nitrogens with zero attached hydrogens (tertiary/aromatic N) is 2. The molecule has 1 fully saturated rings. The minimum Gasteiger partial charge on any atom is -0.491 e. The minimum atomic E-state index is -0.0812. The highest BCUT2D eigenvalue weighted by atomic mass is 32.2. The van der Waals surface area contributed by atoms with Gasteiger partial charge in [0.15, 0.2) is 5.76 Å². The van der Waals surface area contributed by atoms with Gasteiger partial charge in [-0.2, -0.15) is 0 Å². The Labute approximate surface area is 156 Å². The molecule has 1 aliphatic carbocycles. The van der Waals surface area contributed by atoms with Crippen LogP contribution >= 0.6 is 11.8 Å². The standard InChI is InChI=1S/C20H20N2O3S/c23-19-12-16(25-22-19)13-26-17-9-7-14(8-10-17)18-6-3-11-21-20(18)24-15-4-1-2-5-15/h3,6-12,15H,1-2,4-5,13H2,(H,22,23). The van der Waals surface area contributed by atoms with Crippen LogP contribution in [0.4, 0.5) is 0 Å². The van der Waals surface area contributed by atoms with E-state index in [0.29, 0.717) is 11.5 Å². The smallest absolute Gasteiger partial charge is 0.251 e. The van der Waals surface area contributed by atoms with Crippen LogP contribution in [0.3, 0.4) is 0 Å². The highest BCUT2D eigenvalue weighted by molar-refractivity contribution is 7.98. The van der Waals surface area contributed by atoms with E-state index in [-0.39, 0.29) is 12.0 Å². The lowest BCUT2D eigenvalue weighted by Gasteiger charge is -2.15. The molecule has 1 N–H and O–H groups in total. The van der Waals surface area contributed by atoms with Crippen molar-refractivity contribution in [3.63, 3.8) is 0 Å². The van der Waals surface area contributed by atoms with Crippen molar-refractivity contribution in [3.8, 4) is 22.9 Å². The molecule has 0 bridgehead atoms. The van der Waals surface area contributed by atoms with Crippen LogP contribution < -0.4 is 4.74 Å². The zero-order chi connectivity index (χ0) is 17.8. The Morgan fingerprint density at radius 1 is 1.15 bits per heavy atom. The van der Waals surface area contributed by atoms with Gasteiger partial charge in [0.25, 0.3) is 5.88 Å². The van der Waals surface area contributed by atoms with Crippen molar-refractivity contribution in [3.05, 3.63) is 54.4 Å². The first-order chi connectivity index (χ1) is 12.8. The Morgan fingerprint density at radius 2 is 1.96 bits per heavy atom. The highest BCUT2D eigenvalue weighted by Crippen LogP contribution is 2.33. The zero-order valence-electron chi connectivity index (χ0n) is 14.3. The lowest BCUT2D eigenvalue weighted by Crippen LogP contribution is -2.12. The molecule has 134 valence electrons. The Morgan fingerprint density at radius 3 is 2.69 bits per heavy atom. The molecule has 5 nitrogen and oxygen atoms in total. The van der Waals surface area contributed by atoms with Crippen LogP contribution in [0.2, 0.25) is 0 Å². The summed E-state index contributed by atoms with van der Waals surface area (Å²) in [5.41, 5.74) is 2.11. The summed E-state index contributed by atoms with van der Waals surface area (Å²) in [7, 11) is 0. The molecule has 2 heterocycles. The molecule has 1 saturated carbocycles. The molecule has 0 unspecified atom stereocenters. The number of rotatable bonds is 6. The van der Waals surface area contributed by atoms with E-state index in [1.54, 1.807) is 18.0 Å². The topological polar surface area (TPSA) is 68.4 Å². The van der Waals surface area contributed by atoms with E-state index in [0.717, 1.165) is 34.7 Å². The molecule has 0 atom stereocenters. The highest BCUT2D eigenvalue weighted by Gasteiger charge is 2.19. The predicted octanol–water partition coefficient (Wildman–Crippen LogP) is 5.06. The fourth-order valence-electron chi connectivity index (χ4n) is 3.12. The second-order valence-electron chi connectivity index (χ2n) is 6.34. The third kappa shape index (κ3) is 4.02. The van der Waals surface area contributed by atoms with E-state index in [1.165, 1.54) is 18.9 Å². The summed E-state index contributed by atoms with van der Waals surface area (Å²) in [6.07, 6.45) is 6.77. The summed E-state index contributed by atoms with van der Waals surface area (Å²) in [4.78, 5) is 5.57. The maximum absolute atomic E-state index is 9.21. The van der Waals surface area contributed by atoms with Gasteiger partial charge in [-0.3, -0.25) is 0 Å². The van der Waals surface area contributed by atoms with Crippen molar-refractivity contribution in [1.29, 1.82) is 0 Å². The maximum Gasteiger partial charge on any atom is 0.251 e. The molecule has 6 heteroatoms. The van der Waals surface area contributed by atoms with E-state index in [2.05, 4.69) is 40.5 Å². The van der Waals surface area contributed by atoms with Gasteiger partial charge in [-0.25, -0.2) is 4.98 Å². The van der Waals surface area contributed by atoms with Gasteiger partial charge in [0.1, 0.15) is 6.10 Å². The second-order valence-corrected chi connectivity index (χ2v) is 7.39. The summed E-state index contributed by atoms with van der Waals surface area (Å²) in [5, 5.41) is 12.7. The molecule has 0 radical (unpaired) electrons. The molecule has 1 aromatic carbocycles. The van der Waals surface area contributed by atoms with Crippen molar-refractivity contribution < 1.29 is 14.4 Å². The van der Waals surface area contributed by atoms with Crippen molar-refractivity contribution in [2.24, 2.45) is 0 Å². The molecule has 0 aliphatic heterocycles. The van der Waals surface area contributed by atoms with Crippen molar-refractivity contribution in [1.82, 2.24) is 10.1 Å². The van der Waals surface area contributed by atoms with Crippen LogP contribution in [-0.4, -0.2) is 21.4 Å². The molecule has 26 heavy (non-hydrogen) atoms. The van der Waals surface area contributed by atoms with Gasteiger partial charge in [0.05, 0.1) is 5.75 Å². The van der Waals surface area contributed by atoms with Crippen LogP contribution in [0, 0.1) is 0 Å². The first-order valence-corrected chi connectivity index (χ1v) is 9.76. The van der Waals surface area contributed by atoms with Crippen LogP contribution in [0.1, 0.15) is 31.4 Å². The van der Waals surface area contributed by atoms with Gasteiger partial charge in [-0.1, -0.05) is 12.1 Å². The van der Waals surface area contributed by atoms with Crippen LogP contribution in [0.15, 0.2) is 58.1 Å². The summed E-state index contributed by atoms with van der Waals surface area (Å²) in [5.74, 6) is 1.91.